The van der Waals surface area contributed by atoms with E-state index in [1.165, 1.54) is 10.5 Å². The molecule has 4 heteroatoms. The van der Waals surface area contributed by atoms with Crippen molar-refractivity contribution in [2.75, 3.05) is 0 Å². The third kappa shape index (κ3) is 4.33. The van der Waals surface area contributed by atoms with E-state index < -0.39 is 8.32 Å². The summed E-state index contributed by atoms with van der Waals surface area (Å²) < 4.78 is 12.8. The van der Waals surface area contributed by atoms with Crippen molar-refractivity contribution in [3.05, 3.63) is 53.6 Å². The minimum atomic E-state index is -1.89. The van der Waals surface area contributed by atoms with Crippen LogP contribution in [0.4, 0.5) is 0 Å². The molecule has 1 heterocycles. The van der Waals surface area contributed by atoms with Crippen molar-refractivity contribution in [2.45, 2.75) is 75.1 Å². The molecule has 0 bridgehead atoms. The fourth-order valence-electron chi connectivity index (χ4n) is 2.73. The van der Waals surface area contributed by atoms with Gasteiger partial charge in [-0.15, -0.1) is 0 Å². The Morgan fingerprint density at radius 1 is 1.04 bits per heavy atom. The number of ether oxygens (including phenoxy) is 1. The first kappa shape index (κ1) is 21.1. The van der Waals surface area contributed by atoms with E-state index >= 15 is 0 Å². The smallest absolute Gasteiger partial charge is 0.250 e. The van der Waals surface area contributed by atoms with Gasteiger partial charge in [-0.25, -0.2) is 0 Å². The van der Waals surface area contributed by atoms with E-state index in [0.29, 0.717) is 0 Å². The van der Waals surface area contributed by atoms with Crippen molar-refractivity contribution in [2.24, 2.45) is 0 Å². The first-order valence-electron chi connectivity index (χ1n) is 9.87. The van der Waals surface area contributed by atoms with Gasteiger partial charge in [0.1, 0.15) is 17.1 Å². The standard InChI is InChI=1S/C24H32O2SSi/c1-17-15-18-16-19(13-14-20(18)25-24(17,5)6)27-22-12-10-9-11-21(22)26-28(7,8)23(2,3)4/h9-16H,1-8H3. The molecule has 0 atom stereocenters. The summed E-state index contributed by atoms with van der Waals surface area (Å²) in [6.45, 7) is 17.8. The summed E-state index contributed by atoms with van der Waals surface area (Å²) in [6, 6.07) is 14.8. The van der Waals surface area contributed by atoms with Gasteiger partial charge in [0, 0.05) is 10.5 Å². The lowest BCUT2D eigenvalue weighted by molar-refractivity contribution is 0.145. The van der Waals surface area contributed by atoms with Crippen LogP contribution in [-0.4, -0.2) is 13.9 Å². The van der Waals surface area contributed by atoms with Crippen LogP contribution < -0.4 is 9.16 Å². The molecule has 28 heavy (non-hydrogen) atoms. The molecule has 0 radical (unpaired) electrons. The topological polar surface area (TPSA) is 18.5 Å². The van der Waals surface area contributed by atoms with Crippen LogP contribution in [0, 0.1) is 0 Å². The molecule has 0 amide bonds. The Bertz CT molecular complexity index is 907. The molecule has 0 N–H and O–H groups in total. The molecule has 0 spiro atoms. The van der Waals surface area contributed by atoms with Crippen LogP contribution in [0.25, 0.3) is 6.08 Å². The Kier molecular flexibility index (Phi) is 5.50. The van der Waals surface area contributed by atoms with Crippen LogP contribution in [0.2, 0.25) is 18.1 Å². The molecule has 2 nitrogen and oxygen atoms in total. The van der Waals surface area contributed by atoms with Gasteiger partial charge in [0.05, 0.1) is 4.90 Å². The summed E-state index contributed by atoms with van der Waals surface area (Å²) in [4.78, 5) is 2.35. The maximum Gasteiger partial charge on any atom is 0.250 e. The molecule has 0 unspecified atom stereocenters. The third-order valence-electron chi connectivity index (χ3n) is 5.92. The van der Waals surface area contributed by atoms with Gasteiger partial charge in [-0.1, -0.05) is 44.7 Å². The van der Waals surface area contributed by atoms with Gasteiger partial charge in [-0.3, -0.25) is 0 Å². The van der Waals surface area contributed by atoms with Crippen molar-refractivity contribution in [1.82, 2.24) is 0 Å². The lowest BCUT2D eigenvalue weighted by Crippen LogP contribution is -2.43. The molecular formula is C24H32O2SSi. The van der Waals surface area contributed by atoms with Crippen LogP contribution >= 0.6 is 11.8 Å². The molecule has 2 aromatic rings. The van der Waals surface area contributed by atoms with E-state index in [1.54, 1.807) is 11.8 Å². The highest BCUT2D eigenvalue weighted by Crippen LogP contribution is 2.43. The zero-order valence-corrected chi connectivity index (χ0v) is 20.2. The molecule has 0 fully saturated rings. The van der Waals surface area contributed by atoms with Crippen LogP contribution in [0.1, 0.15) is 47.1 Å². The molecule has 1 aliphatic rings. The Labute approximate surface area is 175 Å². The van der Waals surface area contributed by atoms with E-state index in [1.807, 2.05) is 0 Å². The lowest BCUT2D eigenvalue weighted by atomic mass is 9.94. The zero-order chi connectivity index (χ0) is 20.7. The van der Waals surface area contributed by atoms with Gasteiger partial charge >= 0.3 is 0 Å². The maximum atomic E-state index is 6.61. The normalized spacial score (nSPS) is 16.1. The molecule has 150 valence electrons. The Morgan fingerprint density at radius 2 is 1.71 bits per heavy atom. The lowest BCUT2D eigenvalue weighted by Gasteiger charge is -2.37. The van der Waals surface area contributed by atoms with E-state index in [2.05, 4.69) is 103 Å². The average Bonchev–Trinajstić information content (AvgIpc) is 2.56. The first-order valence-corrected chi connectivity index (χ1v) is 13.6. The van der Waals surface area contributed by atoms with Gasteiger partial charge in [0.25, 0.3) is 8.32 Å². The van der Waals surface area contributed by atoms with Crippen LogP contribution in [-0.2, 0) is 0 Å². The fraction of sp³-hybridized carbons (Fsp3) is 0.417. The first-order chi connectivity index (χ1) is 12.9. The summed E-state index contributed by atoms with van der Waals surface area (Å²) in [7, 11) is -1.89. The van der Waals surface area contributed by atoms with Crippen molar-refractivity contribution in [3.63, 3.8) is 0 Å². The van der Waals surface area contributed by atoms with Gasteiger partial charge in [-0.2, -0.15) is 0 Å². The van der Waals surface area contributed by atoms with Crippen molar-refractivity contribution >= 4 is 26.2 Å². The Morgan fingerprint density at radius 3 is 2.39 bits per heavy atom. The van der Waals surface area contributed by atoms with Crippen LogP contribution in [0.15, 0.2) is 57.8 Å². The molecule has 1 aliphatic heterocycles. The van der Waals surface area contributed by atoms with E-state index in [4.69, 9.17) is 9.16 Å². The summed E-state index contributed by atoms with van der Waals surface area (Å²) in [5, 5.41) is 0.170. The maximum absolute atomic E-state index is 6.61. The van der Waals surface area contributed by atoms with E-state index in [9.17, 15) is 0 Å². The van der Waals surface area contributed by atoms with Gasteiger partial charge in [-0.05, 0) is 80.9 Å². The molecule has 0 saturated heterocycles. The summed E-state index contributed by atoms with van der Waals surface area (Å²) in [6.07, 6.45) is 2.24. The fourth-order valence-corrected chi connectivity index (χ4v) is 4.77. The highest BCUT2D eigenvalue weighted by atomic mass is 32.2. The summed E-state index contributed by atoms with van der Waals surface area (Å²) >= 11 is 1.75. The second-order valence-electron chi connectivity index (χ2n) is 9.55. The SMILES string of the molecule is CC1=Cc2cc(Sc3ccccc3O[Si](C)(C)C(C)(C)C)ccc2OC1(C)C. The Balaban J connectivity index is 1.88. The average molecular weight is 413 g/mol. The van der Waals surface area contributed by atoms with Gasteiger partial charge in [0.15, 0.2) is 0 Å². The largest absolute Gasteiger partial charge is 0.543 e. The van der Waals surface area contributed by atoms with Gasteiger partial charge < -0.3 is 9.16 Å². The highest BCUT2D eigenvalue weighted by Gasteiger charge is 2.39. The molecule has 0 aromatic heterocycles. The van der Waals surface area contributed by atoms with Gasteiger partial charge in [0.2, 0.25) is 0 Å². The number of fused-ring (bicyclic) bond motifs is 1. The van der Waals surface area contributed by atoms with Crippen molar-refractivity contribution < 1.29 is 9.16 Å². The van der Waals surface area contributed by atoms with Crippen LogP contribution in [0.5, 0.6) is 11.5 Å². The summed E-state index contributed by atoms with van der Waals surface area (Å²) in [5.74, 6) is 1.94. The quantitative estimate of drug-likeness (QED) is 0.477. The number of rotatable bonds is 4. The molecular weight excluding hydrogens is 380 g/mol. The monoisotopic (exact) mass is 412 g/mol. The third-order valence-corrected chi connectivity index (χ3v) is 11.3. The number of hydrogen-bond acceptors (Lipinski definition) is 3. The van der Waals surface area contributed by atoms with Crippen molar-refractivity contribution in [1.29, 1.82) is 0 Å². The predicted molar refractivity (Wildman–Crippen MR) is 123 cm³/mol. The second-order valence-corrected chi connectivity index (χ2v) is 15.4. The van der Waals surface area contributed by atoms with Crippen LogP contribution in [0.3, 0.4) is 0 Å². The molecule has 2 aromatic carbocycles. The molecule has 0 saturated carbocycles. The number of para-hydroxylation sites is 1. The predicted octanol–water partition coefficient (Wildman–Crippen LogP) is 7.80. The van der Waals surface area contributed by atoms with Crippen molar-refractivity contribution in [3.8, 4) is 11.5 Å². The number of benzene rings is 2. The summed E-state index contributed by atoms with van der Waals surface area (Å²) in [5.41, 5.74) is 2.14. The Hall–Kier alpha value is -1.65. The minimum Gasteiger partial charge on any atom is -0.543 e. The van der Waals surface area contributed by atoms with E-state index in [0.717, 1.165) is 22.0 Å². The number of hydrogen-bond donors (Lipinski definition) is 0. The molecule has 0 aliphatic carbocycles. The second kappa shape index (κ2) is 7.31. The highest BCUT2D eigenvalue weighted by molar-refractivity contribution is 7.99. The zero-order valence-electron chi connectivity index (χ0n) is 18.3. The minimum absolute atomic E-state index is 0.170. The van der Waals surface area contributed by atoms with E-state index in [-0.39, 0.29) is 10.6 Å². The molecule has 3 rings (SSSR count).